The average Bonchev–Trinajstić information content (AvgIpc) is 2.80. The number of methoxy groups -OCH3 is 1. The van der Waals surface area contributed by atoms with Gasteiger partial charge < -0.3 is 14.5 Å². The lowest BCUT2D eigenvalue weighted by Crippen LogP contribution is -2.34. The van der Waals surface area contributed by atoms with Crippen LogP contribution < -0.4 is 5.32 Å². The summed E-state index contributed by atoms with van der Waals surface area (Å²) in [7, 11) is 1.80. The van der Waals surface area contributed by atoms with E-state index in [9.17, 15) is 0 Å². The summed E-state index contributed by atoms with van der Waals surface area (Å²) in [6, 6.07) is 2.70. The Morgan fingerprint density at radius 2 is 2.10 bits per heavy atom. The van der Waals surface area contributed by atoms with Crippen molar-refractivity contribution in [2.75, 3.05) is 26.8 Å². The average molecular weight is 294 g/mol. The van der Waals surface area contributed by atoms with E-state index in [0.717, 1.165) is 50.2 Å². The molecule has 0 radical (unpaired) electrons. The van der Waals surface area contributed by atoms with E-state index in [0.29, 0.717) is 6.04 Å². The van der Waals surface area contributed by atoms with Crippen molar-refractivity contribution in [3.63, 3.8) is 0 Å². The van der Waals surface area contributed by atoms with Gasteiger partial charge in [0, 0.05) is 31.9 Å². The van der Waals surface area contributed by atoms with Crippen LogP contribution in [0.25, 0.3) is 0 Å². The van der Waals surface area contributed by atoms with Gasteiger partial charge in [0.15, 0.2) is 0 Å². The first-order valence-corrected chi connectivity index (χ1v) is 8.11. The molecule has 4 heteroatoms. The summed E-state index contributed by atoms with van der Waals surface area (Å²) in [5, 5.41) is 3.40. The normalized spacial score (nSPS) is 17.8. The topological polar surface area (TPSA) is 37.6 Å². The number of furan rings is 1. The monoisotopic (exact) mass is 294 g/mol. The van der Waals surface area contributed by atoms with Crippen LogP contribution in [0.5, 0.6) is 0 Å². The molecule has 0 saturated carbocycles. The maximum atomic E-state index is 5.86. The molecule has 2 rings (SSSR count). The molecule has 0 atom stereocenters. The van der Waals surface area contributed by atoms with Crippen LogP contribution in [0.2, 0.25) is 0 Å². The van der Waals surface area contributed by atoms with E-state index >= 15 is 0 Å². The molecule has 1 aliphatic heterocycles. The number of hydrogen-bond acceptors (Lipinski definition) is 4. The minimum Gasteiger partial charge on any atom is -0.465 e. The first kappa shape index (κ1) is 16.5. The molecule has 4 nitrogen and oxygen atoms in total. The van der Waals surface area contributed by atoms with E-state index < -0.39 is 0 Å². The highest BCUT2D eigenvalue weighted by atomic mass is 16.5. The van der Waals surface area contributed by atoms with Crippen LogP contribution in [-0.2, 0) is 17.8 Å². The van der Waals surface area contributed by atoms with Crippen LogP contribution in [-0.4, -0.2) is 37.7 Å². The van der Waals surface area contributed by atoms with Crippen molar-refractivity contribution in [1.82, 2.24) is 10.2 Å². The summed E-state index contributed by atoms with van der Waals surface area (Å²) in [6.07, 6.45) is 2.49. The fourth-order valence-corrected chi connectivity index (χ4v) is 2.92. The van der Waals surface area contributed by atoms with Crippen molar-refractivity contribution < 1.29 is 9.15 Å². The molecule has 1 aromatic rings. The molecular formula is C17H30N2O2. The van der Waals surface area contributed by atoms with E-state index in [4.69, 9.17) is 9.15 Å². The van der Waals surface area contributed by atoms with Crippen LogP contribution in [0.3, 0.4) is 0 Å². The zero-order valence-corrected chi connectivity index (χ0v) is 13.9. The Balaban J connectivity index is 1.83. The van der Waals surface area contributed by atoms with Crippen molar-refractivity contribution in [2.24, 2.45) is 5.92 Å². The molecule has 1 aromatic heterocycles. The van der Waals surface area contributed by atoms with E-state index in [2.05, 4.69) is 37.1 Å². The molecule has 0 unspecified atom stereocenters. The van der Waals surface area contributed by atoms with Gasteiger partial charge in [0.2, 0.25) is 0 Å². The van der Waals surface area contributed by atoms with Crippen LogP contribution >= 0.6 is 0 Å². The van der Waals surface area contributed by atoms with Crippen LogP contribution in [0.4, 0.5) is 0 Å². The molecule has 21 heavy (non-hydrogen) atoms. The number of ether oxygens (including phenoxy) is 1. The number of nitrogens with zero attached hydrogens (tertiary/aromatic N) is 1. The Bertz CT molecular complexity index is 420. The van der Waals surface area contributed by atoms with E-state index in [-0.39, 0.29) is 0 Å². The molecule has 0 amide bonds. The molecule has 0 aliphatic carbocycles. The second kappa shape index (κ2) is 7.97. The first-order valence-electron chi connectivity index (χ1n) is 8.11. The lowest BCUT2D eigenvalue weighted by atomic mass is 9.97. The predicted molar refractivity (Wildman–Crippen MR) is 85.3 cm³/mol. The van der Waals surface area contributed by atoms with Crippen LogP contribution in [0, 0.1) is 12.8 Å². The van der Waals surface area contributed by atoms with E-state index in [1.54, 1.807) is 7.11 Å². The minimum atomic E-state index is 0.485. The van der Waals surface area contributed by atoms with Crippen molar-refractivity contribution in [2.45, 2.75) is 52.7 Å². The molecule has 0 spiro atoms. The third kappa shape index (κ3) is 5.13. The first-order chi connectivity index (χ1) is 10.1. The lowest BCUT2D eigenvalue weighted by Gasteiger charge is -2.31. The van der Waals surface area contributed by atoms with Gasteiger partial charge in [-0.25, -0.2) is 0 Å². The van der Waals surface area contributed by atoms with Gasteiger partial charge in [-0.2, -0.15) is 0 Å². The number of aryl methyl sites for hydroxylation is 1. The quantitative estimate of drug-likeness (QED) is 0.839. The molecule has 1 saturated heterocycles. The largest absolute Gasteiger partial charge is 0.465 e. The minimum absolute atomic E-state index is 0.485. The van der Waals surface area contributed by atoms with Crippen LogP contribution in [0.1, 0.15) is 43.8 Å². The third-order valence-corrected chi connectivity index (χ3v) is 4.26. The Hall–Kier alpha value is -0.840. The number of rotatable bonds is 7. The summed E-state index contributed by atoms with van der Waals surface area (Å²) in [5.74, 6) is 2.85. The number of piperidine rings is 1. The van der Waals surface area contributed by atoms with Crippen LogP contribution in [0.15, 0.2) is 10.5 Å². The second-order valence-electron chi connectivity index (χ2n) is 6.50. The molecule has 2 heterocycles. The lowest BCUT2D eigenvalue weighted by molar-refractivity contribution is 0.0966. The van der Waals surface area contributed by atoms with Gasteiger partial charge in [0.25, 0.3) is 0 Å². The molecule has 1 fully saturated rings. The molecule has 0 aromatic carbocycles. The fraction of sp³-hybridized carbons (Fsp3) is 0.765. The highest BCUT2D eigenvalue weighted by Gasteiger charge is 2.20. The Morgan fingerprint density at radius 1 is 1.38 bits per heavy atom. The van der Waals surface area contributed by atoms with Gasteiger partial charge in [0.1, 0.15) is 11.5 Å². The SMILES string of the molecule is COCC1CCN(Cc2cc(CNC(C)C)oc2C)CC1. The summed E-state index contributed by atoms with van der Waals surface area (Å²) < 4.78 is 11.1. The highest BCUT2D eigenvalue weighted by Crippen LogP contribution is 2.22. The fourth-order valence-electron chi connectivity index (χ4n) is 2.92. The number of nitrogens with one attached hydrogen (secondary N) is 1. The summed E-state index contributed by atoms with van der Waals surface area (Å²) in [4.78, 5) is 2.53. The zero-order chi connectivity index (χ0) is 15.2. The standard InChI is InChI=1S/C17H30N2O2/c1-13(2)18-10-17-9-16(14(3)21-17)11-19-7-5-15(6-8-19)12-20-4/h9,13,15,18H,5-8,10-12H2,1-4H3. The highest BCUT2D eigenvalue weighted by molar-refractivity contribution is 5.20. The van der Waals surface area contributed by atoms with Crippen molar-refractivity contribution in [3.05, 3.63) is 23.2 Å². The molecule has 0 bridgehead atoms. The maximum Gasteiger partial charge on any atom is 0.118 e. The van der Waals surface area contributed by atoms with Gasteiger partial charge in [0.05, 0.1) is 6.54 Å². The number of likely N-dealkylation sites (tertiary alicyclic amines) is 1. The van der Waals surface area contributed by atoms with E-state index in [1.807, 2.05) is 0 Å². The summed E-state index contributed by atoms with van der Waals surface area (Å²) >= 11 is 0. The van der Waals surface area contributed by atoms with Gasteiger partial charge in [-0.15, -0.1) is 0 Å². The Labute approximate surface area is 128 Å². The molecular weight excluding hydrogens is 264 g/mol. The van der Waals surface area contributed by atoms with Crippen molar-refractivity contribution in [3.8, 4) is 0 Å². The van der Waals surface area contributed by atoms with E-state index in [1.165, 1.54) is 18.4 Å². The van der Waals surface area contributed by atoms with Gasteiger partial charge in [-0.3, -0.25) is 4.90 Å². The third-order valence-electron chi connectivity index (χ3n) is 4.26. The second-order valence-corrected chi connectivity index (χ2v) is 6.50. The molecule has 1 aliphatic rings. The summed E-state index contributed by atoms with van der Waals surface area (Å²) in [5.41, 5.74) is 1.33. The van der Waals surface area contributed by atoms with Crippen molar-refractivity contribution in [1.29, 1.82) is 0 Å². The Morgan fingerprint density at radius 3 is 2.71 bits per heavy atom. The van der Waals surface area contributed by atoms with Gasteiger partial charge >= 0.3 is 0 Å². The summed E-state index contributed by atoms with van der Waals surface area (Å²) in [6.45, 7) is 11.4. The molecule has 120 valence electrons. The maximum absolute atomic E-state index is 5.86. The predicted octanol–water partition coefficient (Wildman–Crippen LogP) is 2.94. The molecule has 1 N–H and O–H groups in total. The number of hydrogen-bond donors (Lipinski definition) is 1. The zero-order valence-electron chi connectivity index (χ0n) is 13.9. The Kier molecular flexibility index (Phi) is 6.27. The van der Waals surface area contributed by atoms with Gasteiger partial charge in [-0.1, -0.05) is 13.8 Å². The van der Waals surface area contributed by atoms with Crippen molar-refractivity contribution >= 4 is 0 Å². The smallest absolute Gasteiger partial charge is 0.118 e. The van der Waals surface area contributed by atoms with Gasteiger partial charge in [-0.05, 0) is 44.8 Å².